The van der Waals surface area contributed by atoms with Gasteiger partial charge < -0.3 is 9.51 Å². The highest BCUT2D eigenvalue weighted by atomic mass is 32.1. The van der Waals surface area contributed by atoms with E-state index in [2.05, 4.69) is 4.98 Å². The molecule has 0 aliphatic carbocycles. The summed E-state index contributed by atoms with van der Waals surface area (Å²) in [5.41, 5.74) is 3.87. The number of aryl methyl sites for hydroxylation is 2. The molecule has 20 heavy (non-hydrogen) atoms. The van der Waals surface area contributed by atoms with Gasteiger partial charge in [0.15, 0.2) is 0 Å². The van der Waals surface area contributed by atoms with Crippen LogP contribution in [-0.2, 0) is 11.2 Å². The first-order chi connectivity index (χ1) is 9.65. The van der Waals surface area contributed by atoms with Crippen LogP contribution < -0.4 is 0 Å². The summed E-state index contributed by atoms with van der Waals surface area (Å²) < 4.78 is 1.99. The Balaban J connectivity index is 2.16. The van der Waals surface area contributed by atoms with Crippen molar-refractivity contribution >= 4 is 23.0 Å². The van der Waals surface area contributed by atoms with Crippen molar-refractivity contribution in [3.05, 3.63) is 47.1 Å². The highest BCUT2D eigenvalue weighted by Crippen LogP contribution is 2.29. The number of fused-ring (bicyclic) bond motifs is 1. The van der Waals surface area contributed by atoms with E-state index >= 15 is 0 Å². The molecule has 3 heterocycles. The highest BCUT2D eigenvalue weighted by molar-refractivity contribution is 7.13. The second kappa shape index (κ2) is 5.09. The van der Waals surface area contributed by atoms with Crippen molar-refractivity contribution in [2.24, 2.45) is 0 Å². The van der Waals surface area contributed by atoms with Gasteiger partial charge in [-0.15, -0.1) is 11.3 Å². The molecule has 0 saturated heterocycles. The third-order valence-electron chi connectivity index (χ3n) is 3.21. The van der Waals surface area contributed by atoms with Gasteiger partial charge in [0.2, 0.25) is 0 Å². The van der Waals surface area contributed by atoms with E-state index in [4.69, 9.17) is 5.11 Å². The molecule has 4 nitrogen and oxygen atoms in total. The number of hydrogen-bond acceptors (Lipinski definition) is 3. The van der Waals surface area contributed by atoms with Gasteiger partial charge in [0.1, 0.15) is 11.3 Å². The van der Waals surface area contributed by atoms with E-state index in [-0.39, 0.29) is 6.42 Å². The largest absolute Gasteiger partial charge is 0.481 e. The van der Waals surface area contributed by atoms with Gasteiger partial charge in [-0.25, -0.2) is 4.98 Å². The van der Waals surface area contributed by atoms with Crippen LogP contribution in [0.2, 0.25) is 0 Å². The molecule has 0 amide bonds. The van der Waals surface area contributed by atoms with Crippen molar-refractivity contribution in [2.75, 3.05) is 0 Å². The summed E-state index contributed by atoms with van der Waals surface area (Å²) in [4.78, 5) is 16.6. The van der Waals surface area contributed by atoms with Crippen molar-refractivity contribution < 1.29 is 9.90 Å². The average molecular weight is 286 g/mol. The SMILES string of the molecule is Cc1ccn2c(CCC(=O)O)c(-c3cccs3)nc2c1. The van der Waals surface area contributed by atoms with Gasteiger partial charge in [-0.2, -0.15) is 0 Å². The summed E-state index contributed by atoms with van der Waals surface area (Å²) in [5.74, 6) is -0.788. The van der Waals surface area contributed by atoms with Crippen molar-refractivity contribution in [1.29, 1.82) is 0 Å². The fourth-order valence-electron chi connectivity index (χ4n) is 2.27. The van der Waals surface area contributed by atoms with Crippen molar-refractivity contribution in [1.82, 2.24) is 9.38 Å². The summed E-state index contributed by atoms with van der Waals surface area (Å²) in [7, 11) is 0. The molecule has 0 radical (unpaired) electrons. The number of aromatic nitrogens is 2. The molecule has 5 heteroatoms. The first-order valence-electron chi connectivity index (χ1n) is 6.38. The molecule has 0 aromatic carbocycles. The molecule has 0 fully saturated rings. The molecular weight excluding hydrogens is 272 g/mol. The smallest absolute Gasteiger partial charge is 0.303 e. The van der Waals surface area contributed by atoms with Gasteiger partial charge in [0.25, 0.3) is 0 Å². The lowest BCUT2D eigenvalue weighted by Crippen LogP contribution is -2.01. The van der Waals surface area contributed by atoms with Crippen LogP contribution in [0.25, 0.3) is 16.2 Å². The Morgan fingerprint density at radius 1 is 1.45 bits per heavy atom. The number of hydrogen-bond donors (Lipinski definition) is 1. The maximum Gasteiger partial charge on any atom is 0.303 e. The highest BCUT2D eigenvalue weighted by Gasteiger charge is 2.15. The van der Waals surface area contributed by atoms with Crippen LogP contribution in [0.1, 0.15) is 17.7 Å². The first-order valence-corrected chi connectivity index (χ1v) is 7.26. The minimum absolute atomic E-state index is 0.111. The van der Waals surface area contributed by atoms with Gasteiger partial charge in [0, 0.05) is 12.6 Å². The third-order valence-corrected chi connectivity index (χ3v) is 4.09. The molecule has 0 unspecified atom stereocenters. The summed E-state index contributed by atoms with van der Waals surface area (Å²) in [6.07, 6.45) is 2.55. The second-order valence-corrected chi connectivity index (χ2v) is 5.66. The van der Waals surface area contributed by atoms with Crippen LogP contribution in [0.15, 0.2) is 35.8 Å². The molecule has 0 aliphatic rings. The molecule has 3 rings (SSSR count). The fraction of sp³-hybridized carbons (Fsp3) is 0.200. The zero-order valence-corrected chi connectivity index (χ0v) is 11.9. The maximum absolute atomic E-state index is 10.9. The Morgan fingerprint density at radius 3 is 3.00 bits per heavy atom. The van der Waals surface area contributed by atoms with E-state index < -0.39 is 5.97 Å². The lowest BCUT2D eigenvalue weighted by molar-refractivity contribution is -0.136. The Kier molecular flexibility index (Phi) is 3.28. The van der Waals surface area contributed by atoms with Crippen LogP contribution in [0.5, 0.6) is 0 Å². The first kappa shape index (κ1) is 12.9. The fourth-order valence-corrected chi connectivity index (χ4v) is 3.01. The van der Waals surface area contributed by atoms with Crippen molar-refractivity contribution in [2.45, 2.75) is 19.8 Å². The number of thiophene rings is 1. The molecule has 0 aliphatic heterocycles. The molecule has 102 valence electrons. The quantitative estimate of drug-likeness (QED) is 0.800. The zero-order chi connectivity index (χ0) is 14.1. The van der Waals surface area contributed by atoms with Crippen LogP contribution in [-0.4, -0.2) is 20.5 Å². The topological polar surface area (TPSA) is 54.6 Å². The van der Waals surface area contributed by atoms with E-state index in [0.717, 1.165) is 27.5 Å². The van der Waals surface area contributed by atoms with Crippen LogP contribution >= 0.6 is 11.3 Å². The van der Waals surface area contributed by atoms with Gasteiger partial charge in [-0.3, -0.25) is 4.79 Å². The Labute approximate surface area is 120 Å². The van der Waals surface area contributed by atoms with E-state index in [1.54, 1.807) is 11.3 Å². The van der Waals surface area contributed by atoms with Crippen molar-refractivity contribution in [3.63, 3.8) is 0 Å². The Hall–Kier alpha value is -2.14. The monoisotopic (exact) mass is 286 g/mol. The molecule has 1 N–H and O–H groups in total. The molecule has 0 spiro atoms. The molecule has 0 bridgehead atoms. The summed E-state index contributed by atoms with van der Waals surface area (Å²) in [6.45, 7) is 2.02. The summed E-state index contributed by atoms with van der Waals surface area (Å²) >= 11 is 1.62. The number of imidazole rings is 1. The lowest BCUT2D eigenvalue weighted by atomic mass is 10.2. The van der Waals surface area contributed by atoms with Crippen LogP contribution in [0, 0.1) is 6.92 Å². The molecular formula is C15H14N2O2S. The predicted octanol–water partition coefficient (Wildman–Crippen LogP) is 3.39. The van der Waals surface area contributed by atoms with Gasteiger partial charge in [0.05, 0.1) is 17.0 Å². The second-order valence-electron chi connectivity index (χ2n) is 4.71. The van der Waals surface area contributed by atoms with Gasteiger partial charge in [-0.1, -0.05) is 6.07 Å². The number of carboxylic acid groups (broad SMARTS) is 1. The predicted molar refractivity (Wildman–Crippen MR) is 79.2 cm³/mol. The van der Waals surface area contributed by atoms with Gasteiger partial charge in [-0.05, 0) is 36.1 Å². The number of aliphatic carboxylic acids is 1. The van der Waals surface area contributed by atoms with E-state index in [1.165, 1.54) is 0 Å². The number of nitrogens with zero attached hydrogens (tertiary/aromatic N) is 2. The molecule has 0 saturated carbocycles. The summed E-state index contributed by atoms with van der Waals surface area (Å²) in [5, 5.41) is 10.9. The number of carboxylic acids is 1. The zero-order valence-electron chi connectivity index (χ0n) is 11.0. The van der Waals surface area contributed by atoms with Gasteiger partial charge >= 0.3 is 5.97 Å². The minimum atomic E-state index is -0.788. The summed E-state index contributed by atoms with van der Waals surface area (Å²) in [6, 6.07) is 8.03. The van der Waals surface area contributed by atoms with E-state index in [9.17, 15) is 4.79 Å². The van der Waals surface area contributed by atoms with Crippen LogP contribution in [0.4, 0.5) is 0 Å². The third kappa shape index (κ3) is 2.32. The van der Waals surface area contributed by atoms with E-state index in [0.29, 0.717) is 6.42 Å². The Bertz CT molecular complexity index is 760. The van der Waals surface area contributed by atoms with Crippen LogP contribution in [0.3, 0.4) is 0 Å². The van der Waals surface area contributed by atoms with Crippen molar-refractivity contribution in [3.8, 4) is 10.6 Å². The maximum atomic E-state index is 10.9. The van der Waals surface area contributed by atoms with E-state index in [1.807, 2.05) is 47.2 Å². The number of rotatable bonds is 4. The molecule has 3 aromatic heterocycles. The lowest BCUT2D eigenvalue weighted by Gasteiger charge is -2.02. The number of carbonyl (C=O) groups is 1. The molecule has 0 atom stereocenters. The average Bonchev–Trinajstić information content (AvgIpc) is 3.02. The molecule has 3 aromatic rings. The standard InChI is InChI=1S/C15H14N2O2S/c1-10-6-7-17-11(4-5-14(18)19)15(16-13(17)9-10)12-3-2-8-20-12/h2-3,6-9H,4-5H2,1H3,(H,18,19). The number of pyridine rings is 1. The minimum Gasteiger partial charge on any atom is -0.481 e. The Morgan fingerprint density at radius 2 is 2.30 bits per heavy atom. The normalized spacial score (nSPS) is 11.1.